The normalized spacial score (nSPS) is 14.7. The summed E-state index contributed by atoms with van der Waals surface area (Å²) >= 11 is 0. The molecule has 142 valence electrons. The van der Waals surface area contributed by atoms with Gasteiger partial charge in [0.2, 0.25) is 0 Å². The van der Waals surface area contributed by atoms with E-state index in [1.165, 1.54) is 23.8 Å². The largest absolute Gasteiger partial charge is 0.488 e. The van der Waals surface area contributed by atoms with Gasteiger partial charge in [0.25, 0.3) is 0 Å². The average molecular weight is 371 g/mol. The summed E-state index contributed by atoms with van der Waals surface area (Å²) in [5.41, 5.74) is 1.42. The summed E-state index contributed by atoms with van der Waals surface area (Å²) in [6, 6.07) is 12.1. The quantitative estimate of drug-likeness (QED) is 0.772. The van der Waals surface area contributed by atoms with Crippen LogP contribution in [-0.4, -0.2) is 53.4 Å². The molecule has 2 N–H and O–H groups in total. The first-order valence-corrected chi connectivity index (χ1v) is 8.65. The molecule has 0 unspecified atom stereocenters. The number of nitrogens with zero attached hydrogens (tertiary/aromatic N) is 1. The van der Waals surface area contributed by atoms with Crippen molar-refractivity contribution in [2.75, 3.05) is 26.3 Å². The number of carbonyl (C=O) groups is 2. The molecule has 1 saturated heterocycles. The molecule has 7 heteroatoms. The van der Waals surface area contributed by atoms with Gasteiger partial charge in [-0.2, -0.15) is 0 Å². The Morgan fingerprint density at radius 3 is 2.26 bits per heavy atom. The number of ether oxygens (including phenoxy) is 2. The molecule has 3 rings (SSSR count). The summed E-state index contributed by atoms with van der Waals surface area (Å²) in [4.78, 5) is 25.0. The van der Waals surface area contributed by atoms with Gasteiger partial charge in [-0.1, -0.05) is 30.3 Å². The Kier molecular flexibility index (Phi) is 6.05. The number of morpholine rings is 1. The van der Waals surface area contributed by atoms with E-state index in [1.54, 1.807) is 0 Å². The third kappa shape index (κ3) is 4.84. The van der Waals surface area contributed by atoms with Crippen molar-refractivity contribution in [3.8, 4) is 5.75 Å². The van der Waals surface area contributed by atoms with Gasteiger partial charge < -0.3 is 19.7 Å². The third-order valence-corrected chi connectivity index (χ3v) is 4.40. The van der Waals surface area contributed by atoms with Gasteiger partial charge >= 0.3 is 11.9 Å². The van der Waals surface area contributed by atoms with Gasteiger partial charge in [0.05, 0.1) is 18.8 Å². The van der Waals surface area contributed by atoms with Crippen LogP contribution in [-0.2, 0) is 17.9 Å². The smallest absolute Gasteiger partial charge is 0.340 e. The van der Waals surface area contributed by atoms with E-state index in [4.69, 9.17) is 14.6 Å². The van der Waals surface area contributed by atoms with Gasteiger partial charge in [0, 0.05) is 19.6 Å². The maximum Gasteiger partial charge on any atom is 0.340 e. The van der Waals surface area contributed by atoms with Crippen molar-refractivity contribution >= 4 is 11.9 Å². The van der Waals surface area contributed by atoms with E-state index in [0.29, 0.717) is 0 Å². The molecule has 0 aromatic heterocycles. The highest BCUT2D eigenvalue weighted by Crippen LogP contribution is 2.24. The first-order valence-electron chi connectivity index (χ1n) is 8.65. The van der Waals surface area contributed by atoms with Crippen molar-refractivity contribution in [1.29, 1.82) is 0 Å². The monoisotopic (exact) mass is 371 g/mol. The molecule has 0 radical (unpaired) electrons. The van der Waals surface area contributed by atoms with Crippen molar-refractivity contribution < 1.29 is 29.3 Å². The van der Waals surface area contributed by atoms with Crippen molar-refractivity contribution in [2.45, 2.75) is 13.2 Å². The Labute approximate surface area is 156 Å². The van der Waals surface area contributed by atoms with Crippen LogP contribution < -0.4 is 4.74 Å². The molecule has 1 aliphatic rings. The molecule has 0 amide bonds. The fraction of sp³-hybridized carbons (Fsp3) is 0.300. The predicted molar refractivity (Wildman–Crippen MR) is 97.2 cm³/mol. The summed E-state index contributed by atoms with van der Waals surface area (Å²) in [5.74, 6) is -2.59. The van der Waals surface area contributed by atoms with Crippen LogP contribution in [0, 0.1) is 0 Å². The number of hydrogen-bond acceptors (Lipinski definition) is 5. The fourth-order valence-corrected chi connectivity index (χ4v) is 2.97. The molecule has 0 atom stereocenters. The number of hydrogen-bond donors (Lipinski definition) is 2. The molecule has 1 heterocycles. The third-order valence-electron chi connectivity index (χ3n) is 4.40. The summed E-state index contributed by atoms with van der Waals surface area (Å²) in [6.07, 6.45) is 0. The summed E-state index contributed by atoms with van der Waals surface area (Å²) < 4.78 is 10.9. The van der Waals surface area contributed by atoms with Crippen molar-refractivity contribution in [3.63, 3.8) is 0 Å². The summed E-state index contributed by atoms with van der Waals surface area (Å²) in [6.45, 7) is 4.36. The first kappa shape index (κ1) is 18.9. The maximum atomic E-state index is 11.4. The minimum absolute atomic E-state index is 0.0415. The lowest BCUT2D eigenvalue weighted by Crippen LogP contribution is -2.35. The molecule has 0 saturated carbocycles. The van der Waals surface area contributed by atoms with Gasteiger partial charge in [-0.25, -0.2) is 9.59 Å². The number of carboxylic acids is 2. The van der Waals surface area contributed by atoms with Crippen LogP contribution in [0.2, 0.25) is 0 Å². The number of rotatable bonds is 7. The van der Waals surface area contributed by atoms with Gasteiger partial charge in [-0.05, 0) is 23.3 Å². The topological polar surface area (TPSA) is 96.3 Å². The zero-order valence-electron chi connectivity index (χ0n) is 14.8. The minimum Gasteiger partial charge on any atom is -0.488 e. The second-order valence-electron chi connectivity index (χ2n) is 6.28. The highest BCUT2D eigenvalue weighted by atomic mass is 16.5. The van der Waals surface area contributed by atoms with E-state index < -0.39 is 11.9 Å². The molecule has 7 nitrogen and oxygen atoms in total. The van der Waals surface area contributed by atoms with E-state index in [1.807, 2.05) is 24.3 Å². The van der Waals surface area contributed by atoms with Crippen LogP contribution in [0.3, 0.4) is 0 Å². The molecule has 0 spiro atoms. The van der Waals surface area contributed by atoms with Crippen molar-refractivity contribution in [1.82, 2.24) is 4.90 Å². The van der Waals surface area contributed by atoms with Crippen LogP contribution in [0.25, 0.3) is 0 Å². The molecule has 1 fully saturated rings. The molecule has 2 aromatic carbocycles. The van der Waals surface area contributed by atoms with Crippen LogP contribution in [0.5, 0.6) is 5.75 Å². The van der Waals surface area contributed by atoms with E-state index in [2.05, 4.69) is 4.90 Å². The Morgan fingerprint density at radius 2 is 1.63 bits per heavy atom. The SMILES string of the molecule is O=C(O)c1cccc(OCc2ccc(CN3CCOCC3)cc2)c1C(=O)O. The van der Waals surface area contributed by atoms with Gasteiger partial charge in [-0.15, -0.1) is 0 Å². The zero-order chi connectivity index (χ0) is 19.2. The second-order valence-corrected chi connectivity index (χ2v) is 6.28. The molecule has 27 heavy (non-hydrogen) atoms. The molecular weight excluding hydrogens is 350 g/mol. The summed E-state index contributed by atoms with van der Waals surface area (Å²) in [5, 5.41) is 18.5. The van der Waals surface area contributed by atoms with Crippen molar-refractivity contribution in [3.05, 3.63) is 64.7 Å². The Morgan fingerprint density at radius 1 is 0.963 bits per heavy atom. The fourth-order valence-electron chi connectivity index (χ4n) is 2.97. The average Bonchev–Trinajstić information content (AvgIpc) is 2.67. The van der Waals surface area contributed by atoms with E-state index in [-0.39, 0.29) is 23.5 Å². The lowest BCUT2D eigenvalue weighted by molar-refractivity contribution is 0.0342. The van der Waals surface area contributed by atoms with E-state index >= 15 is 0 Å². The molecule has 1 aliphatic heterocycles. The van der Waals surface area contributed by atoms with Gasteiger partial charge in [0.15, 0.2) is 0 Å². The zero-order valence-corrected chi connectivity index (χ0v) is 14.8. The second kappa shape index (κ2) is 8.66. The Hall–Kier alpha value is -2.90. The number of carboxylic acid groups (broad SMARTS) is 2. The standard InChI is InChI=1S/C20H21NO6/c22-19(23)16-2-1-3-17(18(16)20(24)25)27-13-15-6-4-14(5-7-15)12-21-8-10-26-11-9-21/h1-7H,8-13H2,(H,22,23)(H,24,25). The number of aromatic carboxylic acids is 2. The first-order chi connectivity index (χ1) is 13.0. The minimum atomic E-state index is -1.33. The van der Waals surface area contributed by atoms with Crippen LogP contribution >= 0.6 is 0 Å². The van der Waals surface area contributed by atoms with Crippen LogP contribution in [0.4, 0.5) is 0 Å². The van der Waals surface area contributed by atoms with Gasteiger partial charge in [0.1, 0.15) is 17.9 Å². The van der Waals surface area contributed by atoms with E-state index in [0.717, 1.165) is 38.4 Å². The molecule has 0 bridgehead atoms. The van der Waals surface area contributed by atoms with Gasteiger partial charge in [-0.3, -0.25) is 4.90 Å². The van der Waals surface area contributed by atoms with Crippen LogP contribution in [0.1, 0.15) is 31.8 Å². The number of benzene rings is 2. The summed E-state index contributed by atoms with van der Waals surface area (Å²) in [7, 11) is 0. The predicted octanol–water partition coefficient (Wildman–Crippen LogP) is 2.49. The molecule has 0 aliphatic carbocycles. The lowest BCUT2D eigenvalue weighted by atomic mass is 10.1. The van der Waals surface area contributed by atoms with Crippen LogP contribution in [0.15, 0.2) is 42.5 Å². The Balaban J connectivity index is 1.65. The highest BCUT2D eigenvalue weighted by Gasteiger charge is 2.21. The molecular formula is C20H21NO6. The van der Waals surface area contributed by atoms with E-state index in [9.17, 15) is 14.7 Å². The molecule has 2 aromatic rings. The maximum absolute atomic E-state index is 11.4. The lowest BCUT2D eigenvalue weighted by Gasteiger charge is -2.26. The highest BCUT2D eigenvalue weighted by molar-refractivity contribution is 6.03. The van der Waals surface area contributed by atoms with Crippen molar-refractivity contribution in [2.24, 2.45) is 0 Å². The Bertz CT molecular complexity index is 812.